The van der Waals surface area contributed by atoms with E-state index in [1.807, 2.05) is 81.4 Å². The van der Waals surface area contributed by atoms with Crippen molar-refractivity contribution in [1.82, 2.24) is 4.90 Å². The van der Waals surface area contributed by atoms with Crippen molar-refractivity contribution >= 4 is 46.7 Å². The average molecular weight is 520 g/mol. The number of rotatable bonds is 3. The van der Waals surface area contributed by atoms with Gasteiger partial charge in [0.2, 0.25) is 0 Å². The average Bonchev–Trinajstić information content (AvgIpc) is 3.23. The summed E-state index contributed by atoms with van der Waals surface area (Å²) in [6.45, 7) is 11.1. The molecule has 0 aromatic heterocycles. The van der Waals surface area contributed by atoms with Gasteiger partial charge in [0.1, 0.15) is 0 Å². The van der Waals surface area contributed by atoms with E-state index in [4.69, 9.17) is 11.6 Å². The summed E-state index contributed by atoms with van der Waals surface area (Å²) in [4.78, 5) is 30.5. The number of hydrogen-bond acceptors (Lipinski definition) is 3. The van der Waals surface area contributed by atoms with Gasteiger partial charge in [-0.15, -0.1) is 11.8 Å². The summed E-state index contributed by atoms with van der Waals surface area (Å²) >= 11 is 7.99. The molecule has 1 atom stereocenters. The van der Waals surface area contributed by atoms with Crippen LogP contribution < -0.4 is 10.2 Å². The number of carbonyl (C=O) groups is 2. The fourth-order valence-electron chi connectivity index (χ4n) is 5.10. The van der Waals surface area contributed by atoms with Crippen LogP contribution in [0.25, 0.3) is 0 Å². The van der Waals surface area contributed by atoms with Crippen LogP contribution in [0.1, 0.15) is 41.7 Å². The molecule has 0 unspecified atom stereocenters. The lowest BCUT2D eigenvalue weighted by molar-refractivity contribution is -0.123. The fourth-order valence-corrected chi connectivity index (χ4v) is 7.00. The van der Waals surface area contributed by atoms with Gasteiger partial charge in [0.25, 0.3) is 5.91 Å². The SMILES string of the molecule is Cc1ccc(NC(=O)N2CC(C)(C)S[C@@]23C(=O)N(Cc2ccccc2C)c2ccc(Cl)cc23)cc1C. The molecule has 2 heterocycles. The van der Waals surface area contributed by atoms with E-state index < -0.39 is 4.87 Å². The molecule has 0 saturated carbocycles. The van der Waals surface area contributed by atoms with Gasteiger partial charge in [0.15, 0.2) is 4.87 Å². The Bertz CT molecular complexity index is 1390. The molecule has 36 heavy (non-hydrogen) atoms. The van der Waals surface area contributed by atoms with E-state index in [1.54, 1.807) is 9.80 Å². The summed E-state index contributed by atoms with van der Waals surface area (Å²) < 4.78 is -0.339. The fraction of sp³-hybridized carbons (Fsp3) is 0.310. The number of benzene rings is 3. The van der Waals surface area contributed by atoms with Crippen LogP contribution in [-0.2, 0) is 16.2 Å². The maximum Gasteiger partial charge on any atom is 0.323 e. The molecule has 5 nitrogen and oxygen atoms in total. The molecule has 3 amide bonds. The Hall–Kier alpha value is -2.96. The van der Waals surface area contributed by atoms with Gasteiger partial charge in [-0.05, 0) is 87.2 Å². The molecule has 0 radical (unpaired) electrons. The molecule has 0 aliphatic carbocycles. The van der Waals surface area contributed by atoms with Crippen molar-refractivity contribution in [2.45, 2.75) is 50.8 Å². The third-order valence-electron chi connectivity index (χ3n) is 7.09. The molecule has 1 saturated heterocycles. The van der Waals surface area contributed by atoms with Crippen molar-refractivity contribution < 1.29 is 9.59 Å². The molecular formula is C29H30ClN3O2S. The number of halogens is 1. The van der Waals surface area contributed by atoms with Crippen LogP contribution >= 0.6 is 23.4 Å². The van der Waals surface area contributed by atoms with Gasteiger partial charge in [-0.3, -0.25) is 9.69 Å². The monoisotopic (exact) mass is 519 g/mol. The van der Waals surface area contributed by atoms with Crippen LogP contribution in [0.15, 0.2) is 60.7 Å². The molecule has 7 heteroatoms. The smallest absolute Gasteiger partial charge is 0.308 e. The summed E-state index contributed by atoms with van der Waals surface area (Å²) in [5.41, 5.74) is 6.70. The van der Waals surface area contributed by atoms with Gasteiger partial charge in [-0.25, -0.2) is 4.79 Å². The van der Waals surface area contributed by atoms with Crippen molar-refractivity contribution in [1.29, 1.82) is 0 Å². The van der Waals surface area contributed by atoms with E-state index >= 15 is 0 Å². The van der Waals surface area contributed by atoms with Crippen molar-refractivity contribution in [3.05, 3.63) is 93.5 Å². The summed E-state index contributed by atoms with van der Waals surface area (Å²) in [6, 6.07) is 19.2. The standard InChI is InChI=1S/C29H30ClN3O2S/c1-18-10-12-23(14-20(18)3)31-27(35)33-17-28(4,5)36-29(33)24-15-22(30)11-13-25(24)32(26(29)34)16-21-9-7-6-8-19(21)2/h6-15H,16-17H2,1-5H3,(H,31,35)/t29-/m0/s1. The first-order valence-corrected chi connectivity index (χ1v) is 13.2. The summed E-state index contributed by atoms with van der Waals surface area (Å²) in [5.74, 6) is -0.117. The second-order valence-electron chi connectivity index (χ2n) is 10.3. The predicted molar refractivity (Wildman–Crippen MR) is 149 cm³/mol. The van der Waals surface area contributed by atoms with Crippen LogP contribution in [0, 0.1) is 20.8 Å². The normalized spacial score (nSPS) is 20.2. The zero-order valence-electron chi connectivity index (χ0n) is 21.2. The van der Waals surface area contributed by atoms with E-state index in [-0.39, 0.29) is 16.7 Å². The molecule has 2 aliphatic rings. The Kier molecular flexibility index (Phi) is 6.08. The minimum atomic E-state index is -1.20. The molecular weight excluding hydrogens is 490 g/mol. The second-order valence-corrected chi connectivity index (χ2v) is 12.6. The van der Waals surface area contributed by atoms with Gasteiger partial charge >= 0.3 is 6.03 Å². The molecule has 1 N–H and O–H groups in total. The molecule has 3 aromatic rings. The number of thioether (sulfide) groups is 1. The molecule has 0 bridgehead atoms. The maximum absolute atomic E-state index is 14.4. The maximum atomic E-state index is 14.4. The number of amides is 3. The number of hydrogen-bond donors (Lipinski definition) is 1. The lowest BCUT2D eigenvalue weighted by Gasteiger charge is -2.33. The van der Waals surface area contributed by atoms with E-state index in [9.17, 15) is 9.59 Å². The van der Waals surface area contributed by atoms with Gasteiger partial charge < -0.3 is 10.2 Å². The third kappa shape index (κ3) is 4.06. The molecule has 1 fully saturated rings. The van der Waals surface area contributed by atoms with Crippen molar-refractivity contribution in [3.63, 3.8) is 0 Å². The van der Waals surface area contributed by atoms with Gasteiger partial charge in [0, 0.05) is 27.6 Å². The lowest BCUT2D eigenvalue weighted by Crippen LogP contribution is -2.51. The van der Waals surface area contributed by atoms with Crippen molar-refractivity contribution in [3.8, 4) is 0 Å². The number of nitrogens with zero attached hydrogens (tertiary/aromatic N) is 2. The number of anilines is 2. The van der Waals surface area contributed by atoms with Gasteiger partial charge in [0.05, 0.1) is 12.2 Å². The highest BCUT2D eigenvalue weighted by molar-refractivity contribution is 8.02. The predicted octanol–water partition coefficient (Wildman–Crippen LogP) is 7.02. The number of urea groups is 1. The highest BCUT2D eigenvalue weighted by atomic mass is 35.5. The number of nitrogens with one attached hydrogen (secondary N) is 1. The quantitative estimate of drug-likeness (QED) is 0.404. The zero-order valence-corrected chi connectivity index (χ0v) is 22.8. The van der Waals surface area contributed by atoms with Crippen LogP contribution in [0.4, 0.5) is 16.2 Å². The Morgan fingerprint density at radius 1 is 1.00 bits per heavy atom. The van der Waals surface area contributed by atoms with Crippen LogP contribution in [0.5, 0.6) is 0 Å². The van der Waals surface area contributed by atoms with Crippen LogP contribution in [0.3, 0.4) is 0 Å². The highest BCUT2D eigenvalue weighted by Gasteiger charge is 2.63. The van der Waals surface area contributed by atoms with Crippen LogP contribution in [-0.4, -0.2) is 28.1 Å². The molecule has 1 spiro atoms. The van der Waals surface area contributed by atoms with Gasteiger partial charge in [-0.1, -0.05) is 41.9 Å². The third-order valence-corrected chi connectivity index (χ3v) is 8.91. The molecule has 3 aromatic carbocycles. The zero-order chi connectivity index (χ0) is 25.8. The lowest BCUT2D eigenvalue weighted by atomic mass is 10.0. The Morgan fingerprint density at radius 3 is 2.47 bits per heavy atom. The first-order chi connectivity index (χ1) is 17.0. The first kappa shape index (κ1) is 24.7. The van der Waals surface area contributed by atoms with Crippen molar-refractivity contribution in [2.75, 3.05) is 16.8 Å². The Labute approximate surface area is 221 Å². The van der Waals surface area contributed by atoms with Crippen molar-refractivity contribution in [2.24, 2.45) is 0 Å². The Balaban J connectivity index is 1.59. The number of fused-ring (bicyclic) bond motifs is 2. The summed E-state index contributed by atoms with van der Waals surface area (Å²) in [5, 5.41) is 3.59. The topological polar surface area (TPSA) is 52.7 Å². The van der Waals surface area contributed by atoms with E-state index in [0.29, 0.717) is 23.8 Å². The van der Waals surface area contributed by atoms with Gasteiger partial charge in [-0.2, -0.15) is 0 Å². The molecule has 2 aliphatic heterocycles. The first-order valence-electron chi connectivity index (χ1n) is 12.0. The Morgan fingerprint density at radius 2 is 1.75 bits per heavy atom. The minimum absolute atomic E-state index is 0.117. The van der Waals surface area contributed by atoms with Crippen LogP contribution in [0.2, 0.25) is 5.02 Å². The van der Waals surface area contributed by atoms with E-state index in [1.165, 1.54) is 11.8 Å². The highest BCUT2D eigenvalue weighted by Crippen LogP contribution is 2.60. The molecule has 186 valence electrons. The second kappa shape index (κ2) is 8.86. The van der Waals surface area contributed by atoms with E-state index in [0.717, 1.165) is 33.5 Å². The number of aryl methyl sites for hydroxylation is 3. The van der Waals surface area contributed by atoms with E-state index in [2.05, 4.69) is 19.2 Å². The minimum Gasteiger partial charge on any atom is -0.308 e. The number of carbonyl (C=O) groups excluding carboxylic acids is 2. The largest absolute Gasteiger partial charge is 0.323 e. The summed E-state index contributed by atoms with van der Waals surface area (Å²) in [6.07, 6.45) is 0. The summed E-state index contributed by atoms with van der Waals surface area (Å²) in [7, 11) is 0. The molecule has 5 rings (SSSR count).